The number of rotatable bonds is 4. The Morgan fingerprint density at radius 3 is 2.72 bits per heavy atom. The molecule has 2 rings (SSSR count). The molecular weight excluding hydrogens is 232 g/mol. The molecule has 0 saturated carbocycles. The number of nitrogens with one attached hydrogen (secondary N) is 1. The van der Waals surface area contributed by atoms with E-state index in [2.05, 4.69) is 15.3 Å². The van der Waals surface area contributed by atoms with Crippen LogP contribution in [0.1, 0.15) is 11.1 Å². The van der Waals surface area contributed by atoms with E-state index in [1.54, 1.807) is 25.4 Å². The van der Waals surface area contributed by atoms with E-state index in [0.717, 1.165) is 11.3 Å². The molecule has 0 aliphatic heterocycles. The van der Waals surface area contributed by atoms with Crippen molar-refractivity contribution in [2.24, 2.45) is 0 Å². The number of nitro groups is 1. The molecule has 0 aliphatic carbocycles. The Kier molecular flexibility index (Phi) is 3.47. The monoisotopic (exact) mass is 244 g/mol. The molecule has 0 atom stereocenters. The van der Waals surface area contributed by atoms with E-state index in [-0.39, 0.29) is 10.6 Å². The molecule has 0 amide bonds. The van der Waals surface area contributed by atoms with Gasteiger partial charge in [0.2, 0.25) is 0 Å². The van der Waals surface area contributed by atoms with Crippen molar-refractivity contribution in [1.29, 1.82) is 0 Å². The lowest BCUT2D eigenvalue weighted by Gasteiger charge is -2.09. The SMILES string of the molecule is Cc1c(NCc2cncnc2)cccc1[N+](=O)[O-]. The summed E-state index contributed by atoms with van der Waals surface area (Å²) in [6.45, 7) is 2.25. The highest BCUT2D eigenvalue weighted by molar-refractivity contribution is 5.59. The summed E-state index contributed by atoms with van der Waals surface area (Å²) in [5.74, 6) is 0. The van der Waals surface area contributed by atoms with E-state index in [4.69, 9.17) is 0 Å². The highest BCUT2D eigenvalue weighted by atomic mass is 16.6. The first-order valence-corrected chi connectivity index (χ1v) is 5.40. The van der Waals surface area contributed by atoms with Gasteiger partial charge < -0.3 is 5.32 Å². The number of anilines is 1. The second-order valence-electron chi connectivity index (χ2n) is 3.81. The number of nitrogens with zero attached hydrogens (tertiary/aromatic N) is 3. The van der Waals surface area contributed by atoms with E-state index in [0.29, 0.717) is 12.1 Å². The predicted octanol–water partition coefficient (Wildman–Crippen LogP) is 2.31. The fraction of sp³-hybridized carbons (Fsp3) is 0.167. The first-order valence-electron chi connectivity index (χ1n) is 5.40. The lowest BCUT2D eigenvalue weighted by molar-refractivity contribution is -0.385. The van der Waals surface area contributed by atoms with E-state index < -0.39 is 0 Å². The fourth-order valence-electron chi connectivity index (χ4n) is 1.63. The second kappa shape index (κ2) is 5.22. The minimum Gasteiger partial charge on any atom is -0.380 e. The molecule has 1 heterocycles. The van der Waals surface area contributed by atoms with Crippen LogP contribution in [0.25, 0.3) is 0 Å². The van der Waals surface area contributed by atoms with E-state index in [1.807, 2.05) is 6.07 Å². The topological polar surface area (TPSA) is 81.0 Å². The molecule has 18 heavy (non-hydrogen) atoms. The number of aromatic nitrogens is 2. The molecule has 92 valence electrons. The molecule has 6 nitrogen and oxygen atoms in total. The molecule has 0 unspecified atom stereocenters. The van der Waals surface area contributed by atoms with E-state index in [1.165, 1.54) is 12.4 Å². The average molecular weight is 244 g/mol. The molecule has 0 aliphatic rings. The lowest BCUT2D eigenvalue weighted by atomic mass is 10.1. The van der Waals surface area contributed by atoms with Gasteiger partial charge in [0.25, 0.3) is 5.69 Å². The molecule has 6 heteroatoms. The van der Waals surface area contributed by atoms with Gasteiger partial charge in [-0.3, -0.25) is 10.1 Å². The van der Waals surface area contributed by atoms with Crippen LogP contribution >= 0.6 is 0 Å². The zero-order chi connectivity index (χ0) is 13.0. The summed E-state index contributed by atoms with van der Waals surface area (Å²) in [7, 11) is 0. The minimum atomic E-state index is -0.383. The van der Waals surface area contributed by atoms with E-state index in [9.17, 15) is 10.1 Å². The van der Waals surface area contributed by atoms with Crippen molar-refractivity contribution < 1.29 is 4.92 Å². The van der Waals surface area contributed by atoms with Gasteiger partial charge in [-0.05, 0) is 13.0 Å². The Balaban J connectivity index is 2.15. The van der Waals surface area contributed by atoms with E-state index >= 15 is 0 Å². The molecule has 1 aromatic carbocycles. The number of benzene rings is 1. The largest absolute Gasteiger partial charge is 0.380 e. The molecule has 0 bridgehead atoms. The maximum Gasteiger partial charge on any atom is 0.274 e. The first kappa shape index (κ1) is 12.0. The van der Waals surface area contributed by atoms with Gasteiger partial charge in [-0.25, -0.2) is 9.97 Å². The molecule has 0 saturated heterocycles. The Morgan fingerprint density at radius 1 is 1.33 bits per heavy atom. The van der Waals surface area contributed by atoms with Gasteiger partial charge in [0.1, 0.15) is 6.33 Å². The van der Waals surface area contributed by atoms with Crippen molar-refractivity contribution in [2.45, 2.75) is 13.5 Å². The smallest absolute Gasteiger partial charge is 0.274 e. The third-order valence-corrected chi connectivity index (χ3v) is 2.60. The third-order valence-electron chi connectivity index (χ3n) is 2.60. The zero-order valence-electron chi connectivity index (χ0n) is 9.83. The van der Waals surface area contributed by atoms with Crippen molar-refractivity contribution in [3.05, 3.63) is 58.2 Å². The van der Waals surface area contributed by atoms with Crippen LogP contribution in [0, 0.1) is 17.0 Å². The summed E-state index contributed by atoms with van der Waals surface area (Å²) in [4.78, 5) is 18.2. The summed E-state index contributed by atoms with van der Waals surface area (Å²) >= 11 is 0. The maximum absolute atomic E-state index is 10.8. The Morgan fingerprint density at radius 2 is 2.06 bits per heavy atom. The van der Waals surface area contributed by atoms with Gasteiger partial charge in [-0.2, -0.15) is 0 Å². The number of hydrogen-bond acceptors (Lipinski definition) is 5. The summed E-state index contributed by atoms with van der Waals surface area (Å²) in [6, 6.07) is 4.97. The number of hydrogen-bond donors (Lipinski definition) is 1. The number of nitro benzene ring substituents is 1. The van der Waals surface area contributed by atoms with Gasteiger partial charge in [0.15, 0.2) is 0 Å². The van der Waals surface area contributed by atoms with Crippen LogP contribution in [0.2, 0.25) is 0 Å². The normalized spacial score (nSPS) is 10.1. The minimum absolute atomic E-state index is 0.115. The summed E-state index contributed by atoms with van der Waals surface area (Å²) < 4.78 is 0. The van der Waals surface area contributed by atoms with Gasteiger partial charge in [0, 0.05) is 41.8 Å². The Bertz CT molecular complexity index is 557. The summed E-state index contributed by atoms with van der Waals surface area (Å²) in [5.41, 5.74) is 2.40. The van der Waals surface area contributed by atoms with Crippen LogP contribution < -0.4 is 5.32 Å². The predicted molar refractivity (Wildman–Crippen MR) is 67.2 cm³/mol. The second-order valence-corrected chi connectivity index (χ2v) is 3.81. The maximum atomic E-state index is 10.8. The lowest BCUT2D eigenvalue weighted by Crippen LogP contribution is -2.03. The van der Waals surface area contributed by atoms with Crippen LogP contribution in [0.4, 0.5) is 11.4 Å². The van der Waals surface area contributed by atoms with Gasteiger partial charge in [0.05, 0.1) is 4.92 Å². The molecular formula is C12H12N4O2. The van der Waals surface area contributed by atoms with Crippen LogP contribution in [-0.4, -0.2) is 14.9 Å². The standard InChI is InChI=1S/C12H12N4O2/c1-9-11(3-2-4-12(9)16(17)18)15-7-10-5-13-8-14-6-10/h2-6,8,15H,7H2,1H3. The summed E-state index contributed by atoms with van der Waals surface area (Å²) in [5, 5.41) is 13.9. The van der Waals surface area contributed by atoms with Crippen molar-refractivity contribution in [3.63, 3.8) is 0 Å². The van der Waals surface area contributed by atoms with Crippen LogP contribution in [-0.2, 0) is 6.54 Å². The van der Waals surface area contributed by atoms with Crippen molar-refractivity contribution in [1.82, 2.24) is 9.97 Å². The average Bonchev–Trinajstić information content (AvgIpc) is 2.38. The van der Waals surface area contributed by atoms with Crippen LogP contribution in [0.15, 0.2) is 36.9 Å². The fourth-order valence-corrected chi connectivity index (χ4v) is 1.63. The quantitative estimate of drug-likeness (QED) is 0.659. The van der Waals surface area contributed by atoms with Gasteiger partial charge in [-0.15, -0.1) is 0 Å². The summed E-state index contributed by atoms with van der Waals surface area (Å²) in [6.07, 6.45) is 4.86. The molecule has 1 N–H and O–H groups in total. The van der Waals surface area contributed by atoms with Crippen LogP contribution in [0.5, 0.6) is 0 Å². The molecule has 1 aromatic heterocycles. The zero-order valence-corrected chi connectivity index (χ0v) is 9.83. The molecule has 0 spiro atoms. The van der Waals surface area contributed by atoms with Crippen molar-refractivity contribution >= 4 is 11.4 Å². The highest BCUT2D eigenvalue weighted by Crippen LogP contribution is 2.25. The van der Waals surface area contributed by atoms with Crippen LogP contribution in [0.3, 0.4) is 0 Å². The molecule has 2 aromatic rings. The van der Waals surface area contributed by atoms with Crippen molar-refractivity contribution in [3.8, 4) is 0 Å². The highest BCUT2D eigenvalue weighted by Gasteiger charge is 2.12. The Hall–Kier alpha value is -2.50. The van der Waals surface area contributed by atoms with Gasteiger partial charge in [-0.1, -0.05) is 6.07 Å². The third kappa shape index (κ3) is 2.60. The Labute approximate surface area is 104 Å². The molecule has 0 radical (unpaired) electrons. The van der Waals surface area contributed by atoms with Crippen molar-refractivity contribution in [2.75, 3.05) is 5.32 Å². The van der Waals surface area contributed by atoms with Gasteiger partial charge >= 0.3 is 0 Å². The molecule has 0 fully saturated rings. The first-order chi connectivity index (χ1) is 8.68.